The first-order chi connectivity index (χ1) is 11.6. The molecule has 1 aromatic heterocycles. The van der Waals surface area contributed by atoms with Crippen molar-refractivity contribution < 1.29 is 9.18 Å². The third-order valence-corrected chi connectivity index (χ3v) is 4.51. The number of nitrogens with one attached hydrogen (secondary N) is 1. The number of nitrogens with zero attached hydrogens (tertiary/aromatic N) is 2. The summed E-state index contributed by atoms with van der Waals surface area (Å²) in [5.41, 5.74) is 1.34. The Hall–Kier alpha value is -1.98. The zero-order valence-electron chi connectivity index (χ0n) is 13.2. The maximum atomic E-state index is 13.2. The first-order valence-electron chi connectivity index (χ1n) is 8.02. The van der Waals surface area contributed by atoms with Crippen LogP contribution in [0.3, 0.4) is 0 Å². The molecule has 1 aliphatic rings. The first-order valence-corrected chi connectivity index (χ1v) is 8.39. The lowest BCUT2D eigenvalue weighted by atomic mass is 10.1. The van der Waals surface area contributed by atoms with Crippen molar-refractivity contribution in [3.8, 4) is 0 Å². The fourth-order valence-electron chi connectivity index (χ4n) is 3.02. The van der Waals surface area contributed by atoms with Crippen molar-refractivity contribution in [3.05, 3.63) is 64.7 Å². The minimum atomic E-state index is -0.517. The molecule has 0 saturated carbocycles. The molecule has 1 N–H and O–H groups in total. The van der Waals surface area contributed by atoms with E-state index in [1.54, 1.807) is 0 Å². The normalized spacial score (nSPS) is 16.1. The molecule has 0 radical (unpaired) electrons. The van der Waals surface area contributed by atoms with E-state index in [0.717, 1.165) is 37.7 Å². The van der Waals surface area contributed by atoms with Crippen LogP contribution in [0.15, 0.2) is 42.7 Å². The Morgan fingerprint density at radius 2 is 1.96 bits per heavy atom. The molecule has 2 heterocycles. The Balaban J connectivity index is 1.72. The SMILES string of the molecule is O=C(NC[C@H](c1ccc(Cl)cc1)N1CCCC1)c1cncc(F)c1. The fraction of sp³-hybridized carbons (Fsp3) is 0.333. The quantitative estimate of drug-likeness (QED) is 0.901. The first kappa shape index (κ1) is 16.9. The van der Waals surface area contributed by atoms with Gasteiger partial charge in [-0.05, 0) is 49.7 Å². The predicted molar refractivity (Wildman–Crippen MR) is 91.5 cm³/mol. The number of halogens is 2. The van der Waals surface area contributed by atoms with E-state index >= 15 is 0 Å². The highest BCUT2D eigenvalue weighted by molar-refractivity contribution is 6.30. The zero-order chi connectivity index (χ0) is 16.9. The van der Waals surface area contributed by atoms with Crippen molar-refractivity contribution in [2.45, 2.75) is 18.9 Å². The van der Waals surface area contributed by atoms with E-state index in [2.05, 4.69) is 15.2 Å². The number of carbonyl (C=O) groups is 1. The van der Waals surface area contributed by atoms with Gasteiger partial charge >= 0.3 is 0 Å². The molecule has 0 bridgehead atoms. The van der Waals surface area contributed by atoms with Gasteiger partial charge in [0.05, 0.1) is 17.8 Å². The van der Waals surface area contributed by atoms with Crippen molar-refractivity contribution in [1.29, 1.82) is 0 Å². The highest BCUT2D eigenvalue weighted by Crippen LogP contribution is 2.25. The summed E-state index contributed by atoms with van der Waals surface area (Å²) in [6.45, 7) is 2.46. The molecule has 1 saturated heterocycles. The molecular formula is C18H19ClFN3O. The Labute approximate surface area is 145 Å². The van der Waals surface area contributed by atoms with Crippen LogP contribution in [0.1, 0.15) is 34.8 Å². The molecule has 2 aromatic rings. The van der Waals surface area contributed by atoms with Crippen LogP contribution < -0.4 is 5.32 Å². The van der Waals surface area contributed by atoms with Gasteiger partial charge in [0.25, 0.3) is 5.91 Å². The number of carbonyl (C=O) groups excluding carboxylic acids is 1. The number of pyridine rings is 1. The van der Waals surface area contributed by atoms with Crippen LogP contribution in [0.25, 0.3) is 0 Å². The summed E-state index contributed by atoms with van der Waals surface area (Å²) in [4.78, 5) is 18.3. The number of amides is 1. The number of benzene rings is 1. The van der Waals surface area contributed by atoms with Crippen LogP contribution in [0.5, 0.6) is 0 Å². The van der Waals surface area contributed by atoms with Crippen LogP contribution in [-0.2, 0) is 0 Å². The zero-order valence-corrected chi connectivity index (χ0v) is 14.0. The average molecular weight is 348 g/mol. The van der Waals surface area contributed by atoms with Crippen LogP contribution in [0, 0.1) is 5.82 Å². The number of hydrogen-bond donors (Lipinski definition) is 1. The fourth-order valence-corrected chi connectivity index (χ4v) is 3.15. The molecule has 0 aliphatic carbocycles. The summed E-state index contributed by atoms with van der Waals surface area (Å²) in [6, 6.07) is 8.96. The van der Waals surface area contributed by atoms with Gasteiger partial charge in [-0.25, -0.2) is 4.39 Å². The summed E-state index contributed by atoms with van der Waals surface area (Å²) in [7, 11) is 0. The van der Waals surface area contributed by atoms with Gasteiger partial charge in [0.2, 0.25) is 0 Å². The van der Waals surface area contributed by atoms with E-state index in [0.29, 0.717) is 11.6 Å². The lowest BCUT2D eigenvalue weighted by Gasteiger charge is -2.28. The van der Waals surface area contributed by atoms with Gasteiger partial charge in [0, 0.05) is 17.8 Å². The number of aromatic nitrogens is 1. The van der Waals surface area contributed by atoms with Gasteiger partial charge < -0.3 is 5.32 Å². The molecule has 0 unspecified atom stereocenters. The van der Waals surface area contributed by atoms with E-state index in [-0.39, 0.29) is 17.5 Å². The summed E-state index contributed by atoms with van der Waals surface area (Å²) in [5, 5.41) is 3.58. The molecular weight excluding hydrogens is 329 g/mol. The van der Waals surface area contributed by atoms with Gasteiger partial charge in [-0.1, -0.05) is 23.7 Å². The number of hydrogen-bond acceptors (Lipinski definition) is 3. The predicted octanol–water partition coefficient (Wildman–Crippen LogP) is 3.44. The molecule has 1 aromatic carbocycles. The molecule has 1 aliphatic heterocycles. The second kappa shape index (κ2) is 7.73. The second-order valence-corrected chi connectivity index (χ2v) is 6.35. The highest BCUT2D eigenvalue weighted by atomic mass is 35.5. The van der Waals surface area contributed by atoms with Crippen LogP contribution in [0.2, 0.25) is 5.02 Å². The maximum Gasteiger partial charge on any atom is 0.253 e. The third-order valence-electron chi connectivity index (χ3n) is 4.26. The number of likely N-dealkylation sites (tertiary alicyclic amines) is 1. The topological polar surface area (TPSA) is 45.2 Å². The van der Waals surface area contributed by atoms with Crippen molar-refractivity contribution in [2.75, 3.05) is 19.6 Å². The van der Waals surface area contributed by atoms with Crippen molar-refractivity contribution in [1.82, 2.24) is 15.2 Å². The maximum absolute atomic E-state index is 13.2. The van der Waals surface area contributed by atoms with Crippen LogP contribution >= 0.6 is 11.6 Å². The van der Waals surface area contributed by atoms with E-state index in [1.807, 2.05) is 24.3 Å². The van der Waals surface area contributed by atoms with Crippen LogP contribution in [-0.4, -0.2) is 35.4 Å². The van der Waals surface area contributed by atoms with E-state index in [4.69, 9.17) is 11.6 Å². The van der Waals surface area contributed by atoms with E-state index in [9.17, 15) is 9.18 Å². The molecule has 6 heteroatoms. The Morgan fingerprint density at radius 3 is 2.62 bits per heavy atom. The van der Waals surface area contributed by atoms with Gasteiger partial charge in [-0.3, -0.25) is 14.7 Å². The average Bonchev–Trinajstić information content (AvgIpc) is 3.11. The highest BCUT2D eigenvalue weighted by Gasteiger charge is 2.24. The standard InChI is InChI=1S/C18H19ClFN3O/c19-15-5-3-13(4-6-15)17(23-7-1-2-8-23)12-22-18(24)14-9-16(20)11-21-10-14/h3-6,9-11,17H,1-2,7-8,12H2,(H,22,24)/t17-/m1/s1. The minimum Gasteiger partial charge on any atom is -0.350 e. The summed E-state index contributed by atoms with van der Waals surface area (Å²) < 4.78 is 13.2. The van der Waals surface area contributed by atoms with Gasteiger partial charge in [0.15, 0.2) is 0 Å². The van der Waals surface area contributed by atoms with Gasteiger partial charge in [0.1, 0.15) is 5.82 Å². The number of rotatable bonds is 5. The lowest BCUT2D eigenvalue weighted by Crippen LogP contribution is -2.36. The molecule has 0 spiro atoms. The van der Waals surface area contributed by atoms with Gasteiger partial charge in [-0.2, -0.15) is 0 Å². The molecule has 3 rings (SSSR count). The molecule has 4 nitrogen and oxygen atoms in total. The van der Waals surface area contributed by atoms with Crippen molar-refractivity contribution >= 4 is 17.5 Å². The van der Waals surface area contributed by atoms with E-state index in [1.165, 1.54) is 12.3 Å². The Bertz CT molecular complexity index is 702. The van der Waals surface area contributed by atoms with Crippen molar-refractivity contribution in [2.24, 2.45) is 0 Å². The molecule has 126 valence electrons. The van der Waals surface area contributed by atoms with Crippen LogP contribution in [0.4, 0.5) is 4.39 Å². The molecule has 24 heavy (non-hydrogen) atoms. The molecule has 1 fully saturated rings. The molecule has 1 atom stereocenters. The second-order valence-electron chi connectivity index (χ2n) is 5.91. The summed E-state index contributed by atoms with van der Waals surface area (Å²) >= 11 is 5.97. The largest absolute Gasteiger partial charge is 0.350 e. The third kappa shape index (κ3) is 4.10. The van der Waals surface area contributed by atoms with E-state index < -0.39 is 5.82 Å². The minimum absolute atomic E-state index is 0.0789. The monoisotopic (exact) mass is 347 g/mol. The van der Waals surface area contributed by atoms with Crippen molar-refractivity contribution in [3.63, 3.8) is 0 Å². The lowest BCUT2D eigenvalue weighted by molar-refractivity contribution is 0.0937. The smallest absolute Gasteiger partial charge is 0.253 e. The summed E-state index contributed by atoms with van der Waals surface area (Å²) in [5.74, 6) is -0.836. The Kier molecular flexibility index (Phi) is 5.43. The Morgan fingerprint density at radius 1 is 1.25 bits per heavy atom. The van der Waals surface area contributed by atoms with Gasteiger partial charge in [-0.15, -0.1) is 0 Å². The molecule has 1 amide bonds. The summed E-state index contributed by atoms with van der Waals surface area (Å²) in [6.07, 6.45) is 4.76.